The van der Waals surface area contributed by atoms with E-state index >= 15 is 0 Å². The Hall–Kier alpha value is -0.750. The number of methoxy groups -OCH3 is 1. The number of thiophene rings is 1. The Morgan fingerprint density at radius 3 is 3.00 bits per heavy atom. The summed E-state index contributed by atoms with van der Waals surface area (Å²) < 4.78 is 5.24. The number of fused-ring (bicyclic) bond motifs is 3. The molecule has 1 N–H and O–H groups in total. The van der Waals surface area contributed by atoms with Crippen molar-refractivity contribution in [2.45, 2.75) is 19.3 Å². The third-order valence-electron chi connectivity index (χ3n) is 3.30. The zero-order chi connectivity index (χ0) is 13.8. The number of aryl methyl sites for hydroxylation is 1. The van der Waals surface area contributed by atoms with Crippen LogP contribution in [0.3, 0.4) is 0 Å². The first-order chi connectivity index (χ1) is 9.29. The number of nitrogens with zero attached hydrogens (tertiary/aromatic N) is 2. The van der Waals surface area contributed by atoms with E-state index in [1.165, 1.54) is 10.4 Å². The van der Waals surface area contributed by atoms with Crippen molar-refractivity contribution in [2.75, 3.05) is 20.8 Å². The molecule has 1 aliphatic rings. The molecule has 0 aliphatic heterocycles. The maximum atomic E-state index is 7.00. The van der Waals surface area contributed by atoms with E-state index in [9.17, 15) is 0 Å². The Kier molecular flexibility index (Phi) is 5.10. The van der Waals surface area contributed by atoms with Crippen LogP contribution in [0.1, 0.15) is 16.9 Å². The van der Waals surface area contributed by atoms with E-state index in [4.69, 9.17) is 21.4 Å². The Morgan fingerprint density at radius 1 is 1.47 bits per heavy atom. The third kappa shape index (κ3) is 2.89. The molecule has 19 heavy (non-hydrogen) atoms. The Balaban J connectivity index is 0.000000637. The lowest BCUT2D eigenvalue weighted by molar-refractivity contribution is 0.145. The summed E-state index contributed by atoms with van der Waals surface area (Å²) in [6.07, 6.45) is 4.86. The molecule has 2 aromatic rings. The van der Waals surface area contributed by atoms with E-state index in [0.29, 0.717) is 11.1 Å². The molecule has 0 saturated heterocycles. The van der Waals surface area contributed by atoms with Gasteiger partial charge in [0.15, 0.2) is 0 Å². The third-order valence-corrected chi connectivity index (χ3v) is 4.75. The van der Waals surface area contributed by atoms with Crippen molar-refractivity contribution in [1.29, 1.82) is 0 Å². The second kappa shape index (κ2) is 6.61. The van der Waals surface area contributed by atoms with Crippen LogP contribution >= 0.6 is 22.9 Å². The fraction of sp³-hybridized carbons (Fsp3) is 0.538. The number of ether oxygens (including phenoxy) is 1. The Morgan fingerprint density at radius 2 is 2.26 bits per heavy atom. The quantitative estimate of drug-likeness (QED) is 0.867. The second-order valence-corrected chi connectivity index (χ2v) is 5.85. The molecule has 0 spiro atoms. The van der Waals surface area contributed by atoms with Gasteiger partial charge in [-0.25, -0.2) is 9.97 Å². The van der Waals surface area contributed by atoms with Crippen molar-refractivity contribution in [1.82, 2.24) is 9.97 Å². The predicted molar refractivity (Wildman–Crippen MR) is 78.0 cm³/mol. The van der Waals surface area contributed by atoms with E-state index < -0.39 is 0 Å². The standard InChI is InChI=1S/C12H13ClN2OS.CH4O/c1-16-5-7-2-3-8-9(4-7)17-12-10(8)11(13)14-6-15-12;1-2/h6-7H,2-5H2,1H3;2H,1H3. The topological polar surface area (TPSA) is 55.2 Å². The lowest BCUT2D eigenvalue weighted by atomic mass is 9.88. The lowest BCUT2D eigenvalue weighted by Gasteiger charge is -2.21. The van der Waals surface area contributed by atoms with Gasteiger partial charge in [0, 0.05) is 25.7 Å². The minimum Gasteiger partial charge on any atom is -0.400 e. The molecule has 6 heteroatoms. The molecule has 0 amide bonds. The molecular formula is C13H17ClN2O2S. The van der Waals surface area contributed by atoms with Crippen molar-refractivity contribution < 1.29 is 9.84 Å². The van der Waals surface area contributed by atoms with E-state index in [2.05, 4.69) is 9.97 Å². The average molecular weight is 301 g/mol. The Bertz CT molecular complexity index is 559. The molecule has 0 saturated carbocycles. The van der Waals surface area contributed by atoms with Crippen molar-refractivity contribution in [2.24, 2.45) is 5.92 Å². The number of halogens is 1. The minimum atomic E-state index is 0.595. The molecule has 4 nitrogen and oxygen atoms in total. The highest BCUT2D eigenvalue weighted by Gasteiger charge is 2.24. The first-order valence-corrected chi connectivity index (χ1v) is 7.33. The monoisotopic (exact) mass is 300 g/mol. The first kappa shape index (κ1) is 14.7. The van der Waals surface area contributed by atoms with E-state index in [-0.39, 0.29) is 0 Å². The van der Waals surface area contributed by atoms with Gasteiger partial charge in [-0.1, -0.05) is 11.6 Å². The van der Waals surface area contributed by atoms with Gasteiger partial charge < -0.3 is 9.84 Å². The van der Waals surface area contributed by atoms with Crippen molar-refractivity contribution in [3.63, 3.8) is 0 Å². The van der Waals surface area contributed by atoms with Crippen LogP contribution in [-0.2, 0) is 17.6 Å². The predicted octanol–water partition coefficient (Wildman–Crippen LogP) is 2.70. The van der Waals surface area contributed by atoms with Crippen molar-refractivity contribution >= 4 is 33.2 Å². The highest BCUT2D eigenvalue weighted by Crippen LogP contribution is 2.39. The average Bonchev–Trinajstić information content (AvgIpc) is 2.80. The largest absolute Gasteiger partial charge is 0.400 e. The number of hydrogen-bond acceptors (Lipinski definition) is 5. The van der Waals surface area contributed by atoms with Crippen LogP contribution < -0.4 is 0 Å². The van der Waals surface area contributed by atoms with Crippen LogP contribution in [0.2, 0.25) is 5.15 Å². The summed E-state index contributed by atoms with van der Waals surface area (Å²) in [5.41, 5.74) is 1.36. The smallest absolute Gasteiger partial charge is 0.141 e. The number of rotatable bonds is 2. The summed E-state index contributed by atoms with van der Waals surface area (Å²) >= 11 is 7.92. The molecule has 1 unspecified atom stereocenters. The molecule has 2 heterocycles. The maximum absolute atomic E-state index is 7.00. The van der Waals surface area contributed by atoms with Crippen molar-refractivity contribution in [3.05, 3.63) is 21.9 Å². The summed E-state index contributed by atoms with van der Waals surface area (Å²) in [6.45, 7) is 0.840. The highest BCUT2D eigenvalue weighted by molar-refractivity contribution is 7.19. The van der Waals surface area contributed by atoms with Gasteiger partial charge in [0.2, 0.25) is 0 Å². The van der Waals surface area contributed by atoms with Crippen LogP contribution in [0.4, 0.5) is 0 Å². The van der Waals surface area contributed by atoms with Gasteiger partial charge in [0.05, 0.1) is 5.39 Å². The molecular weight excluding hydrogens is 284 g/mol. The van der Waals surface area contributed by atoms with Gasteiger partial charge in [-0.15, -0.1) is 11.3 Å². The molecule has 104 valence electrons. The normalized spacial score (nSPS) is 17.8. The Labute approximate surface area is 121 Å². The number of aliphatic hydroxyl groups is 1. The zero-order valence-corrected chi connectivity index (χ0v) is 12.6. The summed E-state index contributed by atoms with van der Waals surface area (Å²) in [5, 5.41) is 8.67. The van der Waals surface area contributed by atoms with Crippen LogP contribution in [-0.4, -0.2) is 35.9 Å². The molecule has 3 rings (SSSR count). The molecule has 0 radical (unpaired) electrons. The summed E-state index contributed by atoms with van der Waals surface area (Å²) in [5.74, 6) is 0.632. The molecule has 0 fully saturated rings. The molecule has 1 atom stereocenters. The fourth-order valence-corrected chi connectivity index (χ4v) is 4.12. The van der Waals surface area contributed by atoms with Gasteiger partial charge in [0.25, 0.3) is 0 Å². The maximum Gasteiger partial charge on any atom is 0.141 e. The second-order valence-electron chi connectivity index (χ2n) is 4.41. The fourth-order valence-electron chi connectivity index (χ4n) is 2.52. The lowest BCUT2D eigenvalue weighted by Crippen LogP contribution is -2.17. The van der Waals surface area contributed by atoms with Crippen LogP contribution in [0.15, 0.2) is 6.33 Å². The summed E-state index contributed by atoms with van der Waals surface area (Å²) in [4.78, 5) is 10.8. The van der Waals surface area contributed by atoms with Crippen LogP contribution in [0.5, 0.6) is 0 Å². The molecule has 0 bridgehead atoms. The van der Waals surface area contributed by atoms with E-state index in [0.717, 1.165) is 43.2 Å². The van der Waals surface area contributed by atoms with E-state index in [1.54, 1.807) is 24.8 Å². The summed E-state index contributed by atoms with van der Waals surface area (Å²) in [7, 11) is 2.77. The van der Waals surface area contributed by atoms with Gasteiger partial charge >= 0.3 is 0 Å². The van der Waals surface area contributed by atoms with E-state index in [1.807, 2.05) is 0 Å². The molecule has 0 aromatic carbocycles. The highest BCUT2D eigenvalue weighted by atomic mass is 35.5. The van der Waals surface area contributed by atoms with Crippen LogP contribution in [0.25, 0.3) is 10.2 Å². The van der Waals surface area contributed by atoms with Crippen molar-refractivity contribution in [3.8, 4) is 0 Å². The number of aromatic nitrogens is 2. The minimum absolute atomic E-state index is 0.595. The van der Waals surface area contributed by atoms with Crippen LogP contribution in [0, 0.1) is 5.92 Å². The van der Waals surface area contributed by atoms with Gasteiger partial charge in [-0.05, 0) is 30.7 Å². The van der Waals surface area contributed by atoms with Gasteiger partial charge in [0.1, 0.15) is 16.3 Å². The number of hydrogen-bond donors (Lipinski definition) is 1. The SMILES string of the molecule is CO.COCC1CCc2c(sc3ncnc(Cl)c23)C1. The number of aliphatic hydroxyl groups excluding tert-OH is 1. The summed E-state index contributed by atoms with van der Waals surface area (Å²) in [6, 6.07) is 0. The molecule has 1 aliphatic carbocycles. The van der Waals surface area contributed by atoms with Gasteiger partial charge in [-0.2, -0.15) is 0 Å². The molecule has 2 aromatic heterocycles. The van der Waals surface area contributed by atoms with Gasteiger partial charge in [-0.3, -0.25) is 0 Å². The zero-order valence-electron chi connectivity index (χ0n) is 11.0. The first-order valence-electron chi connectivity index (χ1n) is 6.14.